The highest BCUT2D eigenvalue weighted by Crippen LogP contribution is 2.35. The summed E-state index contributed by atoms with van der Waals surface area (Å²) in [5, 5.41) is 6.33. The second-order valence-electron chi connectivity index (χ2n) is 4.90. The third-order valence-electron chi connectivity index (χ3n) is 3.33. The van der Waals surface area contributed by atoms with E-state index in [9.17, 15) is 4.79 Å². The third-order valence-corrected chi connectivity index (χ3v) is 3.63. The summed E-state index contributed by atoms with van der Waals surface area (Å²) in [4.78, 5) is 12.1. The highest BCUT2D eigenvalue weighted by atomic mass is 35.5. The number of anilines is 2. The molecule has 2 N–H and O–H groups in total. The van der Waals surface area contributed by atoms with Gasteiger partial charge >= 0.3 is 0 Å². The molecule has 5 nitrogen and oxygen atoms in total. The number of hydrogen-bond acceptors (Lipinski definition) is 4. The summed E-state index contributed by atoms with van der Waals surface area (Å²) < 4.78 is 10.4. The topological polar surface area (TPSA) is 59.6 Å². The highest BCUT2D eigenvalue weighted by Gasteiger charge is 2.11. The minimum Gasteiger partial charge on any atom is -0.495 e. The normalized spacial score (nSPS) is 10.1. The Morgan fingerprint density at radius 2 is 1.78 bits per heavy atom. The number of rotatable bonds is 6. The Balaban J connectivity index is 2.05. The molecule has 1 amide bonds. The van der Waals surface area contributed by atoms with Gasteiger partial charge in [0.15, 0.2) is 0 Å². The summed E-state index contributed by atoms with van der Waals surface area (Å²) in [7, 11) is 3.07. The van der Waals surface area contributed by atoms with Crippen molar-refractivity contribution in [2.45, 2.75) is 6.92 Å². The predicted molar refractivity (Wildman–Crippen MR) is 92.9 cm³/mol. The average Bonchev–Trinajstić information content (AvgIpc) is 2.55. The summed E-state index contributed by atoms with van der Waals surface area (Å²) in [5.74, 6) is 0.893. The van der Waals surface area contributed by atoms with Crippen LogP contribution < -0.4 is 20.1 Å². The number of hydrogen-bond donors (Lipinski definition) is 2. The number of benzene rings is 2. The first kappa shape index (κ1) is 17.0. The van der Waals surface area contributed by atoms with Crippen molar-refractivity contribution in [1.82, 2.24) is 0 Å². The molecule has 2 aromatic rings. The Morgan fingerprint density at radius 1 is 1.09 bits per heavy atom. The molecule has 122 valence electrons. The first-order valence-corrected chi connectivity index (χ1v) is 7.43. The maximum Gasteiger partial charge on any atom is 0.243 e. The predicted octanol–water partition coefficient (Wildman–Crippen LogP) is 3.72. The van der Waals surface area contributed by atoms with E-state index >= 15 is 0 Å². The van der Waals surface area contributed by atoms with E-state index in [2.05, 4.69) is 10.6 Å². The maximum absolute atomic E-state index is 12.1. The number of nitrogens with one attached hydrogen (secondary N) is 2. The lowest BCUT2D eigenvalue weighted by molar-refractivity contribution is -0.114. The number of methoxy groups -OCH3 is 2. The lowest BCUT2D eigenvalue weighted by atomic mass is 10.2. The lowest BCUT2D eigenvalue weighted by Crippen LogP contribution is -2.22. The molecule has 0 aliphatic rings. The van der Waals surface area contributed by atoms with Crippen molar-refractivity contribution in [2.24, 2.45) is 0 Å². The summed E-state index contributed by atoms with van der Waals surface area (Å²) in [5.41, 5.74) is 2.43. The molecule has 0 aliphatic heterocycles. The fourth-order valence-electron chi connectivity index (χ4n) is 2.08. The molecule has 0 heterocycles. The minimum atomic E-state index is -0.157. The smallest absolute Gasteiger partial charge is 0.243 e. The van der Waals surface area contributed by atoms with Crippen LogP contribution in [0.1, 0.15) is 5.56 Å². The Bertz CT molecular complexity index is 704. The molecule has 0 saturated heterocycles. The molecule has 6 heteroatoms. The van der Waals surface area contributed by atoms with Crippen molar-refractivity contribution in [1.29, 1.82) is 0 Å². The number of carbonyl (C=O) groups excluding carboxylic acids is 1. The van der Waals surface area contributed by atoms with Crippen LogP contribution >= 0.6 is 11.6 Å². The van der Waals surface area contributed by atoms with Crippen LogP contribution in [-0.2, 0) is 4.79 Å². The van der Waals surface area contributed by atoms with E-state index < -0.39 is 0 Å². The molecule has 0 aliphatic carbocycles. The van der Waals surface area contributed by atoms with E-state index in [1.165, 1.54) is 14.2 Å². The number of ether oxygens (including phenoxy) is 2. The quantitative estimate of drug-likeness (QED) is 0.845. The van der Waals surface area contributed by atoms with Gasteiger partial charge in [0.2, 0.25) is 5.91 Å². The molecular formula is C17H19ClN2O3. The van der Waals surface area contributed by atoms with Crippen molar-refractivity contribution in [2.75, 3.05) is 31.4 Å². The van der Waals surface area contributed by atoms with E-state index in [-0.39, 0.29) is 12.5 Å². The van der Waals surface area contributed by atoms with Gasteiger partial charge in [-0.15, -0.1) is 0 Å². The van der Waals surface area contributed by atoms with Crippen molar-refractivity contribution in [3.8, 4) is 11.5 Å². The van der Waals surface area contributed by atoms with Crippen LogP contribution in [0, 0.1) is 6.92 Å². The molecule has 0 atom stereocenters. The summed E-state index contributed by atoms with van der Waals surface area (Å²) in [6.45, 7) is 2.03. The summed E-state index contributed by atoms with van der Waals surface area (Å²) >= 11 is 6.06. The molecule has 0 fully saturated rings. The molecular weight excluding hydrogens is 316 g/mol. The fourth-order valence-corrected chi connectivity index (χ4v) is 2.31. The van der Waals surface area contributed by atoms with E-state index in [1.807, 2.05) is 31.2 Å². The van der Waals surface area contributed by atoms with Gasteiger partial charge in [0.1, 0.15) is 11.5 Å². The molecule has 2 aromatic carbocycles. The Kier molecular flexibility index (Phi) is 5.71. The van der Waals surface area contributed by atoms with Crippen molar-refractivity contribution < 1.29 is 14.3 Å². The first-order valence-electron chi connectivity index (χ1n) is 7.06. The van der Waals surface area contributed by atoms with Crippen LogP contribution in [0.25, 0.3) is 0 Å². The Morgan fingerprint density at radius 3 is 2.43 bits per heavy atom. The van der Waals surface area contributed by atoms with E-state index in [0.29, 0.717) is 22.2 Å². The van der Waals surface area contributed by atoms with Crippen molar-refractivity contribution >= 4 is 28.9 Å². The van der Waals surface area contributed by atoms with Crippen LogP contribution in [0.5, 0.6) is 11.5 Å². The molecule has 0 saturated carbocycles. The maximum atomic E-state index is 12.1. The Hall–Kier alpha value is -2.40. The van der Waals surface area contributed by atoms with Crippen LogP contribution in [0.4, 0.5) is 11.4 Å². The molecule has 0 unspecified atom stereocenters. The monoisotopic (exact) mass is 334 g/mol. The summed E-state index contributed by atoms with van der Waals surface area (Å²) in [6.07, 6.45) is 0. The van der Waals surface area contributed by atoms with E-state index in [4.69, 9.17) is 21.1 Å². The van der Waals surface area contributed by atoms with Gasteiger partial charge in [0.05, 0.1) is 31.5 Å². The molecule has 2 rings (SSSR count). The molecule has 0 spiro atoms. The zero-order valence-corrected chi connectivity index (χ0v) is 14.0. The van der Waals surface area contributed by atoms with Gasteiger partial charge in [-0.05, 0) is 18.6 Å². The largest absolute Gasteiger partial charge is 0.495 e. The minimum absolute atomic E-state index is 0.0927. The van der Waals surface area contributed by atoms with Gasteiger partial charge < -0.3 is 20.1 Å². The Labute approximate surface area is 140 Å². The first-order chi connectivity index (χ1) is 11.0. The van der Waals surface area contributed by atoms with Gasteiger partial charge in [-0.3, -0.25) is 4.79 Å². The SMILES string of the molecule is COc1cc(NCC(=O)Nc2ccccc2C)c(OC)cc1Cl. The molecule has 23 heavy (non-hydrogen) atoms. The zero-order chi connectivity index (χ0) is 16.8. The number of para-hydroxylation sites is 1. The second-order valence-corrected chi connectivity index (χ2v) is 5.31. The van der Waals surface area contributed by atoms with Gasteiger partial charge in [0.25, 0.3) is 0 Å². The lowest BCUT2D eigenvalue weighted by Gasteiger charge is -2.14. The standard InChI is InChI=1S/C17H19ClN2O3/c1-11-6-4-5-7-13(11)20-17(21)10-19-14-9-15(22-2)12(18)8-16(14)23-3/h4-9,19H,10H2,1-3H3,(H,20,21). The molecule has 0 aromatic heterocycles. The van der Waals surface area contributed by atoms with Crippen LogP contribution in [-0.4, -0.2) is 26.7 Å². The summed E-state index contributed by atoms with van der Waals surface area (Å²) in [6, 6.07) is 10.9. The average molecular weight is 335 g/mol. The second kappa shape index (κ2) is 7.74. The number of carbonyl (C=O) groups is 1. The van der Waals surface area contributed by atoms with Gasteiger partial charge in [0, 0.05) is 17.8 Å². The van der Waals surface area contributed by atoms with Crippen LogP contribution in [0.15, 0.2) is 36.4 Å². The zero-order valence-electron chi connectivity index (χ0n) is 13.3. The number of aryl methyl sites for hydroxylation is 1. The number of halogens is 1. The van der Waals surface area contributed by atoms with E-state index in [0.717, 1.165) is 11.3 Å². The fraction of sp³-hybridized carbons (Fsp3) is 0.235. The van der Waals surface area contributed by atoms with Crippen LogP contribution in [0.2, 0.25) is 5.02 Å². The van der Waals surface area contributed by atoms with Gasteiger partial charge in [-0.1, -0.05) is 29.8 Å². The third kappa shape index (κ3) is 4.29. The highest BCUT2D eigenvalue weighted by molar-refractivity contribution is 6.32. The molecule has 0 radical (unpaired) electrons. The van der Waals surface area contributed by atoms with Crippen molar-refractivity contribution in [3.63, 3.8) is 0 Å². The van der Waals surface area contributed by atoms with Crippen molar-refractivity contribution in [3.05, 3.63) is 47.0 Å². The van der Waals surface area contributed by atoms with Gasteiger partial charge in [-0.2, -0.15) is 0 Å². The van der Waals surface area contributed by atoms with E-state index in [1.54, 1.807) is 12.1 Å². The van der Waals surface area contributed by atoms with Gasteiger partial charge in [-0.25, -0.2) is 0 Å². The molecule has 0 bridgehead atoms. The van der Waals surface area contributed by atoms with Crippen LogP contribution in [0.3, 0.4) is 0 Å². The number of amides is 1.